The van der Waals surface area contributed by atoms with Gasteiger partial charge in [0.2, 0.25) is 0 Å². The van der Waals surface area contributed by atoms with Crippen LogP contribution >= 0.6 is 0 Å². The van der Waals surface area contributed by atoms with Gasteiger partial charge in [0, 0.05) is 17.7 Å². The monoisotopic (exact) mass is 393 g/mol. The van der Waals surface area contributed by atoms with E-state index in [0.717, 1.165) is 16.7 Å². The van der Waals surface area contributed by atoms with E-state index in [2.05, 4.69) is 10.5 Å². The Bertz CT molecular complexity index is 1100. The molecule has 3 aromatic rings. The normalized spacial score (nSPS) is 10.9. The van der Waals surface area contributed by atoms with Crippen LogP contribution in [0.5, 0.6) is 5.75 Å². The summed E-state index contributed by atoms with van der Waals surface area (Å²) in [4.78, 5) is 22.7. The van der Waals surface area contributed by atoms with Crippen molar-refractivity contribution in [2.75, 3.05) is 7.11 Å². The van der Waals surface area contributed by atoms with Gasteiger partial charge in [-0.15, -0.1) is 0 Å². The number of nitrogens with zero attached hydrogens (tertiary/aromatic N) is 2. The number of benzene rings is 2. The molecule has 0 atom stereocenters. The maximum atomic E-state index is 12.3. The van der Waals surface area contributed by atoms with Crippen LogP contribution in [0.1, 0.15) is 27.2 Å². The van der Waals surface area contributed by atoms with Gasteiger partial charge >= 0.3 is 0 Å². The Morgan fingerprint density at radius 1 is 1.17 bits per heavy atom. The minimum atomic E-state index is -0.442. The Labute approximate surface area is 167 Å². The molecule has 0 saturated heterocycles. The van der Waals surface area contributed by atoms with Crippen molar-refractivity contribution in [3.8, 4) is 17.1 Å². The summed E-state index contributed by atoms with van der Waals surface area (Å²) < 4.78 is 10.9. The number of hydrogen-bond acceptors (Lipinski definition) is 6. The molecule has 0 radical (unpaired) electrons. The van der Waals surface area contributed by atoms with E-state index in [1.54, 1.807) is 37.3 Å². The molecule has 3 rings (SSSR count). The van der Waals surface area contributed by atoms with E-state index >= 15 is 0 Å². The van der Waals surface area contributed by atoms with E-state index in [9.17, 15) is 14.9 Å². The van der Waals surface area contributed by atoms with Crippen LogP contribution in [0.25, 0.3) is 11.3 Å². The van der Waals surface area contributed by atoms with Crippen molar-refractivity contribution in [1.82, 2.24) is 5.43 Å². The van der Waals surface area contributed by atoms with Crippen LogP contribution in [-0.2, 0) is 0 Å². The lowest BCUT2D eigenvalue weighted by molar-refractivity contribution is -0.384. The second-order valence-corrected chi connectivity index (χ2v) is 6.36. The summed E-state index contributed by atoms with van der Waals surface area (Å²) in [5.74, 6) is 1.03. The van der Waals surface area contributed by atoms with Gasteiger partial charge in [0.25, 0.3) is 11.6 Å². The number of methoxy groups -OCH3 is 1. The van der Waals surface area contributed by atoms with Gasteiger partial charge in [0.05, 0.1) is 23.8 Å². The quantitative estimate of drug-likeness (QED) is 0.383. The fraction of sp³-hybridized carbons (Fsp3) is 0.143. The Balaban J connectivity index is 1.71. The van der Waals surface area contributed by atoms with Gasteiger partial charge < -0.3 is 9.15 Å². The highest BCUT2D eigenvalue weighted by Crippen LogP contribution is 2.28. The fourth-order valence-electron chi connectivity index (χ4n) is 2.81. The molecule has 2 aromatic carbocycles. The van der Waals surface area contributed by atoms with Crippen molar-refractivity contribution in [3.05, 3.63) is 81.1 Å². The van der Waals surface area contributed by atoms with E-state index < -0.39 is 10.8 Å². The molecule has 0 aliphatic rings. The number of furan rings is 1. The largest absolute Gasteiger partial charge is 0.496 e. The van der Waals surface area contributed by atoms with Crippen LogP contribution in [-0.4, -0.2) is 24.2 Å². The molecule has 1 amide bonds. The number of hydrazone groups is 1. The summed E-state index contributed by atoms with van der Waals surface area (Å²) in [6, 6.07) is 13.2. The van der Waals surface area contributed by atoms with E-state index in [-0.39, 0.29) is 5.69 Å². The summed E-state index contributed by atoms with van der Waals surface area (Å²) in [5, 5.41) is 14.8. The van der Waals surface area contributed by atoms with E-state index in [1.165, 1.54) is 25.5 Å². The molecule has 8 nitrogen and oxygen atoms in total. The predicted molar refractivity (Wildman–Crippen MR) is 108 cm³/mol. The third-order valence-electron chi connectivity index (χ3n) is 4.27. The van der Waals surface area contributed by atoms with Crippen LogP contribution in [0.2, 0.25) is 0 Å². The molecule has 29 heavy (non-hydrogen) atoms. The van der Waals surface area contributed by atoms with Crippen molar-refractivity contribution in [1.29, 1.82) is 0 Å². The molecule has 0 unspecified atom stereocenters. The number of nitro benzene ring substituents is 1. The second-order valence-electron chi connectivity index (χ2n) is 6.36. The number of amides is 1. The molecule has 148 valence electrons. The topological polar surface area (TPSA) is 107 Å². The van der Waals surface area contributed by atoms with E-state index in [1.807, 2.05) is 13.0 Å². The van der Waals surface area contributed by atoms with Crippen molar-refractivity contribution < 1.29 is 18.9 Å². The number of aryl methyl sites for hydroxylation is 2. The third kappa shape index (κ3) is 4.49. The molecule has 0 saturated carbocycles. The maximum absolute atomic E-state index is 12.3. The number of nitro groups is 1. The first-order chi connectivity index (χ1) is 13.9. The number of non-ortho nitro benzene ring substituents is 1. The first-order valence-corrected chi connectivity index (χ1v) is 8.72. The maximum Gasteiger partial charge on any atom is 0.275 e. The molecule has 8 heteroatoms. The zero-order valence-corrected chi connectivity index (χ0v) is 16.1. The molecule has 0 aliphatic heterocycles. The number of nitrogens with one attached hydrogen (secondary N) is 1. The standard InChI is InChI=1S/C21H19N3O5/c1-13-4-7-18(20(10-13)28-3)21(25)23-22-12-16-6-9-19(29-16)17-8-5-15(24(26)27)11-14(17)2/h4-12H,1-3H3,(H,23,25)/b22-12-. The Morgan fingerprint density at radius 3 is 2.66 bits per heavy atom. The molecule has 1 aromatic heterocycles. The summed E-state index contributed by atoms with van der Waals surface area (Å²) in [7, 11) is 1.50. The molecule has 0 spiro atoms. The van der Waals surface area contributed by atoms with Crippen molar-refractivity contribution in [3.63, 3.8) is 0 Å². The van der Waals surface area contributed by atoms with Crippen molar-refractivity contribution >= 4 is 17.8 Å². The lowest BCUT2D eigenvalue weighted by Crippen LogP contribution is -2.18. The van der Waals surface area contributed by atoms with Gasteiger partial charge in [0.15, 0.2) is 0 Å². The van der Waals surface area contributed by atoms with Gasteiger partial charge in [0.1, 0.15) is 17.3 Å². The third-order valence-corrected chi connectivity index (χ3v) is 4.27. The van der Waals surface area contributed by atoms with Gasteiger partial charge in [-0.3, -0.25) is 14.9 Å². The smallest absolute Gasteiger partial charge is 0.275 e. The van der Waals surface area contributed by atoms with Crippen LogP contribution in [0.15, 0.2) is 58.0 Å². The van der Waals surface area contributed by atoms with Crippen molar-refractivity contribution in [2.45, 2.75) is 13.8 Å². The van der Waals surface area contributed by atoms with E-state index in [4.69, 9.17) is 9.15 Å². The zero-order valence-electron chi connectivity index (χ0n) is 16.1. The molecule has 1 heterocycles. The lowest BCUT2D eigenvalue weighted by Gasteiger charge is -2.07. The molecular weight excluding hydrogens is 374 g/mol. The number of rotatable bonds is 6. The van der Waals surface area contributed by atoms with Crippen molar-refractivity contribution in [2.24, 2.45) is 5.10 Å². The fourth-order valence-corrected chi connectivity index (χ4v) is 2.81. The van der Waals surface area contributed by atoms with Crippen LogP contribution in [0.4, 0.5) is 5.69 Å². The lowest BCUT2D eigenvalue weighted by atomic mass is 10.1. The van der Waals surface area contributed by atoms with Gasteiger partial charge in [-0.05, 0) is 55.3 Å². The SMILES string of the molecule is COc1cc(C)ccc1C(=O)N/N=C\c1ccc(-c2ccc([N+](=O)[O-])cc2C)o1. The highest BCUT2D eigenvalue weighted by atomic mass is 16.6. The Morgan fingerprint density at radius 2 is 1.97 bits per heavy atom. The molecule has 0 fully saturated rings. The number of ether oxygens (including phenoxy) is 1. The second kappa shape index (κ2) is 8.39. The molecular formula is C21H19N3O5. The van der Waals surface area contributed by atoms with Crippen LogP contribution in [0, 0.1) is 24.0 Å². The number of carbonyl (C=O) groups excluding carboxylic acids is 1. The predicted octanol–water partition coefficient (Wildman–Crippen LogP) is 4.24. The highest BCUT2D eigenvalue weighted by molar-refractivity contribution is 5.97. The first kappa shape index (κ1) is 19.8. The van der Waals surface area contributed by atoms with Crippen LogP contribution in [0.3, 0.4) is 0 Å². The average Bonchev–Trinajstić information content (AvgIpc) is 3.16. The molecule has 0 aliphatic carbocycles. The van der Waals surface area contributed by atoms with Gasteiger partial charge in [-0.1, -0.05) is 6.07 Å². The van der Waals surface area contributed by atoms with E-state index in [0.29, 0.717) is 22.8 Å². The Kier molecular flexibility index (Phi) is 5.73. The number of carbonyl (C=O) groups is 1. The number of hydrogen-bond donors (Lipinski definition) is 1. The van der Waals surface area contributed by atoms with Crippen LogP contribution < -0.4 is 10.2 Å². The summed E-state index contributed by atoms with van der Waals surface area (Å²) in [5.41, 5.74) is 5.27. The summed E-state index contributed by atoms with van der Waals surface area (Å²) in [6.45, 7) is 3.68. The minimum absolute atomic E-state index is 0.0221. The van der Waals surface area contributed by atoms with Gasteiger partial charge in [-0.25, -0.2) is 5.43 Å². The average molecular weight is 393 g/mol. The first-order valence-electron chi connectivity index (χ1n) is 8.72. The Hall–Kier alpha value is -3.94. The molecule has 1 N–H and O–H groups in total. The van der Waals surface area contributed by atoms with Gasteiger partial charge in [-0.2, -0.15) is 5.10 Å². The summed E-state index contributed by atoms with van der Waals surface area (Å²) in [6.07, 6.45) is 1.38. The zero-order chi connectivity index (χ0) is 21.0. The minimum Gasteiger partial charge on any atom is -0.496 e. The summed E-state index contributed by atoms with van der Waals surface area (Å²) >= 11 is 0. The molecule has 0 bridgehead atoms. The highest BCUT2D eigenvalue weighted by Gasteiger charge is 2.13.